The van der Waals surface area contributed by atoms with Crippen LogP contribution in [0.5, 0.6) is 0 Å². The Morgan fingerprint density at radius 2 is 1.42 bits per heavy atom. The van der Waals surface area contributed by atoms with Crippen LogP contribution in [0.4, 0.5) is 0 Å². The molecular weight excluding hydrogens is 568 g/mol. The Hall–Kier alpha value is 0.840. The van der Waals surface area contributed by atoms with Crippen molar-refractivity contribution in [3.05, 3.63) is 66.5 Å². The summed E-state index contributed by atoms with van der Waals surface area (Å²) in [5.74, 6) is 0. The molecule has 0 N–H and O–H groups in total. The third kappa shape index (κ3) is 3.20. The molecule has 2 aromatic carbocycles. The van der Waals surface area contributed by atoms with Crippen LogP contribution in [0.15, 0.2) is 49.8 Å². The molecule has 0 fully saturated rings. The Morgan fingerprint density at radius 1 is 0.789 bits per heavy atom. The number of halogens is 5. The predicted molar refractivity (Wildman–Crippen MR) is 99.4 cm³/mol. The Kier molecular flexibility index (Phi) is 5.38. The van der Waals surface area contributed by atoms with Crippen LogP contribution in [0, 0.1) is 6.92 Å². The minimum absolute atomic E-state index is 0.423. The molecule has 0 aliphatic heterocycles. The summed E-state index contributed by atoms with van der Waals surface area (Å²) in [6.07, 6.45) is 0. The molecule has 0 aliphatic carbocycles. The van der Waals surface area contributed by atoms with Gasteiger partial charge < -0.3 is 0 Å². The highest BCUT2D eigenvalue weighted by molar-refractivity contribution is 9.25. The standard InChI is InChI=1S/C14H9Br5/c1-8-4-2-3-5-9(8)14(18,19)10-6-7-11(15)13(17)12(10)16/h2-7H,1H3. The zero-order valence-electron chi connectivity index (χ0n) is 9.85. The third-order valence-corrected chi connectivity index (χ3v) is 7.94. The first-order valence-electron chi connectivity index (χ1n) is 5.43. The lowest BCUT2D eigenvalue weighted by Gasteiger charge is -2.25. The smallest absolute Gasteiger partial charge is 0.0620 e. The van der Waals surface area contributed by atoms with Crippen LogP contribution in [0.1, 0.15) is 16.7 Å². The zero-order valence-corrected chi connectivity index (χ0v) is 17.8. The molecule has 0 atom stereocenters. The van der Waals surface area contributed by atoms with E-state index in [9.17, 15) is 0 Å². The molecule has 0 saturated carbocycles. The van der Waals surface area contributed by atoms with E-state index in [0.29, 0.717) is 0 Å². The lowest BCUT2D eigenvalue weighted by Crippen LogP contribution is -2.13. The second-order valence-electron chi connectivity index (χ2n) is 4.11. The van der Waals surface area contributed by atoms with Crippen molar-refractivity contribution in [3.63, 3.8) is 0 Å². The summed E-state index contributed by atoms with van der Waals surface area (Å²) in [6, 6.07) is 12.4. The molecule has 0 saturated heterocycles. The van der Waals surface area contributed by atoms with Crippen molar-refractivity contribution in [2.75, 3.05) is 0 Å². The molecule has 0 heterocycles. The summed E-state index contributed by atoms with van der Waals surface area (Å²) in [6.45, 7) is 2.11. The summed E-state index contributed by atoms with van der Waals surface area (Å²) in [7, 11) is 0. The molecular formula is C14H9Br5. The predicted octanol–water partition coefficient (Wildman–Crippen LogP) is 7.27. The Bertz CT molecular complexity index is 619. The largest absolute Gasteiger partial charge is 0.132 e. The molecule has 0 bridgehead atoms. The van der Waals surface area contributed by atoms with Crippen molar-refractivity contribution < 1.29 is 0 Å². The number of aryl methyl sites for hydroxylation is 1. The third-order valence-electron chi connectivity index (χ3n) is 2.86. The van der Waals surface area contributed by atoms with Crippen molar-refractivity contribution in [1.82, 2.24) is 0 Å². The van der Waals surface area contributed by atoms with Gasteiger partial charge in [0.1, 0.15) is 3.23 Å². The van der Waals surface area contributed by atoms with E-state index < -0.39 is 3.23 Å². The fourth-order valence-corrected chi connectivity index (χ4v) is 5.51. The first-order chi connectivity index (χ1) is 8.85. The van der Waals surface area contributed by atoms with E-state index in [1.807, 2.05) is 18.2 Å². The van der Waals surface area contributed by atoms with E-state index in [1.165, 1.54) is 11.1 Å². The van der Waals surface area contributed by atoms with Crippen molar-refractivity contribution in [2.45, 2.75) is 10.2 Å². The lowest BCUT2D eigenvalue weighted by molar-refractivity contribution is 1.07. The maximum absolute atomic E-state index is 3.81. The van der Waals surface area contributed by atoms with Crippen LogP contribution in [-0.2, 0) is 3.23 Å². The van der Waals surface area contributed by atoms with Gasteiger partial charge in [0.2, 0.25) is 0 Å². The second-order valence-corrected chi connectivity index (χ2v) is 10.00. The average Bonchev–Trinajstić information content (AvgIpc) is 2.36. The number of hydrogen-bond acceptors (Lipinski definition) is 0. The van der Waals surface area contributed by atoms with Gasteiger partial charge in [0.15, 0.2) is 0 Å². The summed E-state index contributed by atoms with van der Waals surface area (Å²) >= 11 is 18.4. The fraction of sp³-hybridized carbons (Fsp3) is 0.143. The summed E-state index contributed by atoms with van der Waals surface area (Å²) in [4.78, 5) is 0. The highest BCUT2D eigenvalue weighted by Gasteiger charge is 2.32. The number of rotatable bonds is 2. The van der Waals surface area contributed by atoms with E-state index >= 15 is 0 Å². The van der Waals surface area contributed by atoms with Gasteiger partial charge in [0.05, 0.1) is 0 Å². The topological polar surface area (TPSA) is 0 Å². The number of hydrogen-bond donors (Lipinski definition) is 0. The maximum Gasteiger partial charge on any atom is 0.132 e. The van der Waals surface area contributed by atoms with Crippen molar-refractivity contribution in [1.29, 1.82) is 0 Å². The summed E-state index contributed by atoms with van der Waals surface area (Å²) < 4.78 is 2.61. The van der Waals surface area contributed by atoms with Gasteiger partial charge in [-0.3, -0.25) is 0 Å². The van der Waals surface area contributed by atoms with Gasteiger partial charge in [-0.2, -0.15) is 0 Å². The zero-order chi connectivity index (χ0) is 14.2. The van der Waals surface area contributed by atoms with E-state index in [4.69, 9.17) is 0 Å². The van der Waals surface area contributed by atoms with Crippen molar-refractivity contribution in [2.24, 2.45) is 0 Å². The van der Waals surface area contributed by atoms with Gasteiger partial charge in [0, 0.05) is 13.4 Å². The first-order valence-corrected chi connectivity index (χ1v) is 9.40. The van der Waals surface area contributed by atoms with E-state index in [1.54, 1.807) is 0 Å². The van der Waals surface area contributed by atoms with Gasteiger partial charge in [-0.05, 0) is 77.5 Å². The monoisotopic (exact) mass is 572 g/mol. The van der Waals surface area contributed by atoms with E-state index in [2.05, 4.69) is 105 Å². The molecule has 0 aliphatic rings. The molecule has 0 aromatic heterocycles. The Labute approximate surface area is 155 Å². The highest BCUT2D eigenvalue weighted by Crippen LogP contribution is 2.50. The van der Waals surface area contributed by atoms with Gasteiger partial charge in [-0.25, -0.2) is 0 Å². The van der Waals surface area contributed by atoms with E-state index in [-0.39, 0.29) is 0 Å². The van der Waals surface area contributed by atoms with Gasteiger partial charge in [-0.1, -0.05) is 62.2 Å². The molecule has 0 unspecified atom stereocenters. The summed E-state index contributed by atoms with van der Waals surface area (Å²) in [5, 5.41) is 0. The average molecular weight is 577 g/mol. The van der Waals surface area contributed by atoms with Crippen molar-refractivity contribution >= 4 is 79.6 Å². The van der Waals surface area contributed by atoms with Crippen molar-refractivity contribution in [3.8, 4) is 0 Å². The second kappa shape index (κ2) is 6.30. The molecule has 19 heavy (non-hydrogen) atoms. The van der Waals surface area contributed by atoms with Crippen LogP contribution in [-0.4, -0.2) is 0 Å². The van der Waals surface area contributed by atoms with Crippen LogP contribution >= 0.6 is 79.6 Å². The van der Waals surface area contributed by atoms with Gasteiger partial charge in [0.25, 0.3) is 0 Å². The SMILES string of the molecule is Cc1ccccc1C(Br)(Br)c1ccc(Br)c(Br)c1Br. The molecule has 2 aromatic rings. The summed E-state index contributed by atoms with van der Waals surface area (Å²) in [5.41, 5.74) is 3.52. The normalized spacial score (nSPS) is 11.7. The minimum atomic E-state index is -0.423. The molecule has 5 heteroatoms. The van der Waals surface area contributed by atoms with Gasteiger partial charge in [-0.15, -0.1) is 0 Å². The number of benzene rings is 2. The highest BCUT2D eigenvalue weighted by atomic mass is 79.9. The molecule has 0 spiro atoms. The Balaban J connectivity index is 2.64. The molecule has 100 valence electrons. The first kappa shape index (κ1) is 16.2. The van der Waals surface area contributed by atoms with Crippen LogP contribution in [0.3, 0.4) is 0 Å². The Morgan fingerprint density at radius 3 is 2.05 bits per heavy atom. The van der Waals surface area contributed by atoms with Crippen LogP contribution in [0.25, 0.3) is 0 Å². The van der Waals surface area contributed by atoms with Gasteiger partial charge >= 0.3 is 0 Å². The molecule has 0 amide bonds. The molecule has 0 nitrogen and oxygen atoms in total. The maximum atomic E-state index is 3.81. The molecule has 2 rings (SSSR count). The molecule has 0 radical (unpaired) electrons. The minimum Gasteiger partial charge on any atom is -0.0620 e. The fourth-order valence-electron chi connectivity index (χ4n) is 1.84. The lowest BCUT2D eigenvalue weighted by atomic mass is 10.0. The van der Waals surface area contributed by atoms with Crippen LogP contribution in [0.2, 0.25) is 0 Å². The number of alkyl halides is 2. The van der Waals surface area contributed by atoms with Crippen LogP contribution < -0.4 is 0 Å². The van der Waals surface area contributed by atoms with E-state index in [0.717, 1.165) is 19.0 Å². The quantitative estimate of drug-likeness (QED) is 0.261.